The van der Waals surface area contributed by atoms with Gasteiger partial charge >= 0.3 is 0 Å². The van der Waals surface area contributed by atoms with Crippen LogP contribution in [0, 0.1) is 0 Å². The Balaban J connectivity index is 2.75. The van der Waals surface area contributed by atoms with Crippen LogP contribution in [-0.2, 0) is 4.79 Å². The zero-order valence-electron chi connectivity index (χ0n) is 12.2. The predicted octanol–water partition coefficient (Wildman–Crippen LogP) is 2.19. The van der Waals surface area contributed by atoms with Gasteiger partial charge in [0.1, 0.15) is 0 Å². The third-order valence-electron chi connectivity index (χ3n) is 2.88. The Morgan fingerprint density at radius 3 is 2.55 bits per heavy atom. The van der Waals surface area contributed by atoms with Gasteiger partial charge in [-0.05, 0) is 18.6 Å². The van der Waals surface area contributed by atoms with Crippen LogP contribution in [0.5, 0.6) is 11.5 Å². The van der Waals surface area contributed by atoms with Crippen LogP contribution in [0.4, 0.5) is 0 Å². The Morgan fingerprint density at radius 2 is 1.95 bits per heavy atom. The van der Waals surface area contributed by atoms with Crippen LogP contribution in [0.25, 0.3) is 0 Å². The summed E-state index contributed by atoms with van der Waals surface area (Å²) in [6.45, 7) is 2.64. The predicted molar refractivity (Wildman–Crippen MR) is 76.4 cm³/mol. The van der Waals surface area contributed by atoms with Gasteiger partial charge in [0.25, 0.3) is 0 Å². The minimum atomic E-state index is -0.283. The van der Waals surface area contributed by atoms with Crippen molar-refractivity contribution in [3.63, 3.8) is 0 Å². The maximum absolute atomic E-state index is 12.1. The normalized spacial score (nSPS) is 9.95. The van der Waals surface area contributed by atoms with Crippen LogP contribution in [-0.4, -0.2) is 32.5 Å². The summed E-state index contributed by atoms with van der Waals surface area (Å²) in [6.07, 6.45) is 1.72. The summed E-state index contributed by atoms with van der Waals surface area (Å²) in [5.74, 6) is 0.286. The second kappa shape index (κ2) is 8.19. The van der Waals surface area contributed by atoms with E-state index in [-0.39, 0.29) is 18.1 Å². The average molecular weight is 279 g/mol. The van der Waals surface area contributed by atoms with Gasteiger partial charge in [0, 0.05) is 6.54 Å². The molecule has 110 valence electrons. The van der Waals surface area contributed by atoms with Crippen molar-refractivity contribution in [1.82, 2.24) is 5.32 Å². The lowest BCUT2D eigenvalue weighted by Gasteiger charge is -2.11. The van der Waals surface area contributed by atoms with E-state index in [1.54, 1.807) is 18.2 Å². The van der Waals surface area contributed by atoms with Crippen molar-refractivity contribution in [2.75, 3.05) is 20.8 Å². The summed E-state index contributed by atoms with van der Waals surface area (Å²) >= 11 is 0. The molecule has 0 aliphatic carbocycles. The van der Waals surface area contributed by atoms with E-state index in [2.05, 4.69) is 5.32 Å². The second-order valence-corrected chi connectivity index (χ2v) is 4.34. The Morgan fingerprint density at radius 1 is 1.20 bits per heavy atom. The first kappa shape index (κ1) is 16.0. The summed E-state index contributed by atoms with van der Waals surface area (Å²) in [6, 6.07) is 5.03. The first-order valence-corrected chi connectivity index (χ1v) is 6.64. The number of rotatable bonds is 8. The van der Waals surface area contributed by atoms with Crippen LogP contribution in [0.1, 0.15) is 36.5 Å². The molecule has 1 aromatic rings. The van der Waals surface area contributed by atoms with E-state index < -0.39 is 0 Å². The largest absolute Gasteiger partial charge is 0.493 e. The fourth-order valence-corrected chi connectivity index (χ4v) is 1.81. The molecule has 1 rings (SSSR count). The smallest absolute Gasteiger partial charge is 0.227 e. The number of Topliss-reactive ketones (excluding diaryl/α,β-unsaturated/α-hetero) is 1. The Hall–Kier alpha value is -2.04. The van der Waals surface area contributed by atoms with Crippen molar-refractivity contribution in [1.29, 1.82) is 0 Å². The molecule has 0 radical (unpaired) electrons. The van der Waals surface area contributed by atoms with E-state index in [4.69, 9.17) is 9.47 Å². The third kappa shape index (κ3) is 4.26. The van der Waals surface area contributed by atoms with E-state index in [9.17, 15) is 9.59 Å². The number of methoxy groups -OCH3 is 2. The van der Waals surface area contributed by atoms with Gasteiger partial charge in [0.2, 0.25) is 5.91 Å². The molecular formula is C15H21NO4. The molecule has 0 bridgehead atoms. The molecular weight excluding hydrogens is 258 g/mol. The molecule has 0 heterocycles. The lowest BCUT2D eigenvalue weighted by molar-refractivity contribution is -0.120. The van der Waals surface area contributed by atoms with Gasteiger partial charge < -0.3 is 14.8 Å². The first-order valence-electron chi connectivity index (χ1n) is 6.64. The molecule has 0 saturated heterocycles. The van der Waals surface area contributed by atoms with Crippen LogP contribution in [0.3, 0.4) is 0 Å². The van der Waals surface area contributed by atoms with Gasteiger partial charge in [-0.2, -0.15) is 0 Å². The Labute approximate surface area is 119 Å². The highest BCUT2D eigenvalue weighted by atomic mass is 16.5. The summed E-state index contributed by atoms with van der Waals surface area (Å²) in [5, 5.41) is 2.72. The number of amides is 1. The molecule has 5 nitrogen and oxygen atoms in total. The van der Waals surface area contributed by atoms with Crippen molar-refractivity contribution >= 4 is 11.7 Å². The monoisotopic (exact) mass is 279 g/mol. The molecule has 0 atom stereocenters. The molecule has 0 unspecified atom stereocenters. The van der Waals surface area contributed by atoms with Crippen molar-refractivity contribution in [2.45, 2.75) is 26.2 Å². The quantitative estimate of drug-likeness (QED) is 0.450. The fourth-order valence-electron chi connectivity index (χ4n) is 1.81. The van der Waals surface area contributed by atoms with Crippen molar-refractivity contribution in [2.24, 2.45) is 0 Å². The summed E-state index contributed by atoms with van der Waals surface area (Å²) in [4.78, 5) is 23.8. The molecule has 1 amide bonds. The number of hydrogen-bond donors (Lipinski definition) is 1. The van der Waals surface area contributed by atoms with Crippen LogP contribution in [0.15, 0.2) is 18.2 Å². The van der Waals surface area contributed by atoms with Crippen molar-refractivity contribution < 1.29 is 19.1 Å². The van der Waals surface area contributed by atoms with E-state index in [1.165, 1.54) is 14.2 Å². The van der Waals surface area contributed by atoms with Gasteiger partial charge in [0.05, 0.1) is 26.2 Å². The van der Waals surface area contributed by atoms with E-state index >= 15 is 0 Å². The van der Waals surface area contributed by atoms with Gasteiger partial charge in [-0.25, -0.2) is 0 Å². The first-order chi connectivity index (χ1) is 9.63. The van der Waals surface area contributed by atoms with Gasteiger partial charge in [0.15, 0.2) is 17.3 Å². The molecule has 0 fully saturated rings. The number of benzene rings is 1. The van der Waals surface area contributed by atoms with Crippen LogP contribution >= 0.6 is 0 Å². The number of ether oxygens (including phenoxy) is 2. The highest BCUT2D eigenvalue weighted by Crippen LogP contribution is 2.31. The highest BCUT2D eigenvalue weighted by Gasteiger charge is 2.18. The molecule has 5 heteroatoms. The van der Waals surface area contributed by atoms with Crippen molar-refractivity contribution in [3.8, 4) is 11.5 Å². The number of nitrogens with one attached hydrogen (secondary N) is 1. The number of ketones is 1. The van der Waals surface area contributed by atoms with E-state index in [0.29, 0.717) is 23.6 Å². The van der Waals surface area contributed by atoms with E-state index in [0.717, 1.165) is 12.8 Å². The molecule has 1 aromatic carbocycles. The number of para-hydroxylation sites is 1. The molecule has 1 N–H and O–H groups in total. The van der Waals surface area contributed by atoms with Crippen LogP contribution in [0.2, 0.25) is 0 Å². The summed E-state index contributed by atoms with van der Waals surface area (Å²) in [7, 11) is 2.97. The molecule has 0 saturated carbocycles. The van der Waals surface area contributed by atoms with Gasteiger partial charge in [-0.15, -0.1) is 0 Å². The van der Waals surface area contributed by atoms with Crippen molar-refractivity contribution in [3.05, 3.63) is 23.8 Å². The zero-order valence-corrected chi connectivity index (χ0v) is 12.2. The Kier molecular flexibility index (Phi) is 6.56. The average Bonchev–Trinajstić information content (AvgIpc) is 2.46. The van der Waals surface area contributed by atoms with Crippen LogP contribution < -0.4 is 14.8 Å². The number of hydrogen-bond acceptors (Lipinski definition) is 4. The summed E-state index contributed by atoms with van der Waals surface area (Å²) in [5.41, 5.74) is 0.359. The molecule has 20 heavy (non-hydrogen) atoms. The SMILES string of the molecule is CCCCNC(=O)CC(=O)c1cccc(OC)c1OC. The van der Waals surface area contributed by atoms with E-state index in [1.807, 2.05) is 6.92 Å². The highest BCUT2D eigenvalue weighted by molar-refractivity contribution is 6.09. The molecule has 0 aromatic heterocycles. The fraction of sp³-hybridized carbons (Fsp3) is 0.467. The summed E-state index contributed by atoms with van der Waals surface area (Å²) < 4.78 is 10.3. The molecule has 0 aliphatic rings. The maximum Gasteiger partial charge on any atom is 0.227 e. The lowest BCUT2D eigenvalue weighted by Crippen LogP contribution is -2.26. The minimum absolute atomic E-state index is 0.187. The molecule has 0 aliphatic heterocycles. The lowest BCUT2D eigenvalue weighted by atomic mass is 10.1. The van der Waals surface area contributed by atoms with Gasteiger partial charge in [-0.3, -0.25) is 9.59 Å². The Bertz CT molecular complexity index is 471. The number of unbranched alkanes of at least 4 members (excludes halogenated alkanes) is 1. The third-order valence-corrected chi connectivity index (χ3v) is 2.88. The molecule has 0 spiro atoms. The second-order valence-electron chi connectivity index (χ2n) is 4.34. The minimum Gasteiger partial charge on any atom is -0.493 e. The topological polar surface area (TPSA) is 64.6 Å². The van der Waals surface area contributed by atoms with Gasteiger partial charge in [-0.1, -0.05) is 19.4 Å². The number of carbonyl (C=O) groups excluding carboxylic acids is 2. The number of carbonyl (C=O) groups is 2. The maximum atomic E-state index is 12.1. The standard InChI is InChI=1S/C15H21NO4/c1-4-5-9-16-14(18)10-12(17)11-7-6-8-13(19-2)15(11)20-3/h6-8H,4-5,9-10H2,1-3H3,(H,16,18). The zero-order chi connectivity index (χ0) is 15.0.